The highest BCUT2D eigenvalue weighted by molar-refractivity contribution is 7.80. The van der Waals surface area contributed by atoms with Crippen LogP contribution >= 0.6 is 12.2 Å². The fraction of sp³-hybridized carbons (Fsp3) is 0.273. The Kier molecular flexibility index (Phi) is 3.26. The number of carboxylic acid groups (broad SMARTS) is 1. The topological polar surface area (TPSA) is 88.0 Å². The Hall–Kier alpha value is -1.66. The summed E-state index contributed by atoms with van der Waals surface area (Å²) in [7, 11) is 0. The highest BCUT2D eigenvalue weighted by Crippen LogP contribution is 2.01. The first-order valence-electron chi connectivity index (χ1n) is 5.15. The van der Waals surface area contributed by atoms with E-state index in [1.807, 2.05) is 18.2 Å². The van der Waals surface area contributed by atoms with Gasteiger partial charge in [-0.3, -0.25) is 4.79 Å². The van der Waals surface area contributed by atoms with Gasteiger partial charge >= 0.3 is 5.97 Å². The van der Waals surface area contributed by atoms with Crippen molar-refractivity contribution in [2.75, 3.05) is 0 Å². The molecular formula is C11H11N3O2S. The minimum Gasteiger partial charge on any atom is -0.480 e. The standard InChI is InChI=1S/C11H11N3O2S/c12-7(10(15)16)3-1-6-2-4-8-9(5-6)14-11(17)13-8/h2,4-5,7H,1,3,12H2,(H,15,16)/t7-/m0/s1. The second-order valence-electron chi connectivity index (χ2n) is 3.81. The van der Waals surface area contributed by atoms with Crippen LogP contribution in [-0.2, 0) is 11.2 Å². The van der Waals surface area contributed by atoms with Crippen LogP contribution in [0.4, 0.5) is 0 Å². The maximum absolute atomic E-state index is 10.6. The molecule has 5 nitrogen and oxygen atoms in total. The molecule has 0 radical (unpaired) electrons. The normalized spacial score (nSPS) is 14.8. The number of hydrogen-bond donors (Lipinski definition) is 2. The number of rotatable bonds is 4. The largest absolute Gasteiger partial charge is 0.480 e. The molecule has 2 rings (SSSR count). The Morgan fingerprint density at radius 3 is 2.82 bits per heavy atom. The van der Waals surface area contributed by atoms with Gasteiger partial charge in [0.25, 0.3) is 0 Å². The number of carboxylic acids is 1. The molecule has 17 heavy (non-hydrogen) atoms. The lowest BCUT2D eigenvalue weighted by Gasteiger charge is -2.05. The van der Waals surface area contributed by atoms with Crippen molar-refractivity contribution in [3.8, 4) is 0 Å². The molecule has 0 unspecified atom stereocenters. The highest BCUT2D eigenvalue weighted by Gasteiger charge is 2.11. The summed E-state index contributed by atoms with van der Waals surface area (Å²) in [5.41, 5.74) is 6.43. The summed E-state index contributed by atoms with van der Waals surface area (Å²) in [6.07, 6.45) is 0.999. The molecule has 1 aromatic carbocycles. The van der Waals surface area contributed by atoms with E-state index in [-0.39, 0.29) is 0 Å². The van der Waals surface area contributed by atoms with Gasteiger partial charge < -0.3 is 10.8 Å². The van der Waals surface area contributed by atoms with Gasteiger partial charge in [-0.1, -0.05) is 6.07 Å². The van der Waals surface area contributed by atoms with Gasteiger partial charge in [-0.15, -0.1) is 0 Å². The van der Waals surface area contributed by atoms with E-state index in [0.29, 0.717) is 18.0 Å². The van der Waals surface area contributed by atoms with Crippen LogP contribution in [0.3, 0.4) is 0 Å². The van der Waals surface area contributed by atoms with Gasteiger partial charge in [0.1, 0.15) is 6.04 Å². The van der Waals surface area contributed by atoms with Crippen molar-refractivity contribution >= 4 is 23.3 Å². The average Bonchev–Trinajstić information content (AvgIpc) is 2.64. The van der Waals surface area contributed by atoms with Crippen molar-refractivity contribution in [3.05, 3.63) is 34.5 Å². The van der Waals surface area contributed by atoms with Gasteiger partial charge in [0.05, 0.1) is 10.7 Å². The zero-order chi connectivity index (χ0) is 12.4. The van der Waals surface area contributed by atoms with Crippen LogP contribution < -0.4 is 16.4 Å². The summed E-state index contributed by atoms with van der Waals surface area (Å²) in [6, 6.07) is 4.76. The third-order valence-electron chi connectivity index (χ3n) is 2.53. The van der Waals surface area contributed by atoms with Crippen LogP contribution in [0.15, 0.2) is 28.2 Å². The van der Waals surface area contributed by atoms with Gasteiger partial charge in [0.15, 0.2) is 0 Å². The van der Waals surface area contributed by atoms with Crippen LogP contribution in [0.5, 0.6) is 0 Å². The predicted molar refractivity (Wildman–Crippen MR) is 65.3 cm³/mol. The number of aryl methyl sites for hydroxylation is 1. The van der Waals surface area contributed by atoms with Crippen LogP contribution in [0.25, 0.3) is 0 Å². The van der Waals surface area contributed by atoms with E-state index in [2.05, 4.69) is 9.98 Å². The van der Waals surface area contributed by atoms with E-state index >= 15 is 0 Å². The maximum atomic E-state index is 10.6. The van der Waals surface area contributed by atoms with Crippen molar-refractivity contribution < 1.29 is 9.90 Å². The number of carbonyl (C=O) groups is 1. The van der Waals surface area contributed by atoms with Gasteiger partial charge in [-0.2, -0.15) is 0 Å². The number of aliphatic carboxylic acids is 1. The Bertz CT molecular complexity index is 597. The average molecular weight is 249 g/mol. The molecule has 0 aromatic heterocycles. The minimum absolute atomic E-state index is 0.333. The van der Waals surface area contributed by atoms with Crippen molar-refractivity contribution in [2.24, 2.45) is 15.7 Å². The molecule has 0 aliphatic carbocycles. The molecule has 0 saturated carbocycles. The van der Waals surface area contributed by atoms with E-state index in [9.17, 15) is 4.79 Å². The Morgan fingerprint density at radius 2 is 2.12 bits per heavy atom. The summed E-state index contributed by atoms with van der Waals surface area (Å²) in [4.78, 5) is 18.7. The molecule has 1 atom stereocenters. The minimum atomic E-state index is -0.980. The molecule has 0 bridgehead atoms. The number of nitrogens with zero attached hydrogens (tertiary/aromatic N) is 2. The summed E-state index contributed by atoms with van der Waals surface area (Å²) in [5.74, 6) is -0.980. The molecule has 1 aliphatic heterocycles. The lowest BCUT2D eigenvalue weighted by molar-refractivity contribution is -0.138. The number of hydrogen-bond acceptors (Lipinski definition) is 3. The molecule has 1 heterocycles. The Labute approximate surface area is 103 Å². The first-order valence-corrected chi connectivity index (χ1v) is 5.56. The molecule has 6 heteroatoms. The number of thiocarbonyl (C=S) groups is 1. The molecule has 0 fully saturated rings. The SMILES string of the molecule is N[C@@H](CCc1ccc2c(c1)=NC(=S)N=2)C(=O)O. The van der Waals surface area contributed by atoms with Crippen molar-refractivity contribution in [1.29, 1.82) is 0 Å². The third-order valence-corrected chi connectivity index (χ3v) is 2.72. The quantitative estimate of drug-likeness (QED) is 0.709. The van der Waals surface area contributed by atoms with Crippen molar-refractivity contribution in [1.82, 2.24) is 0 Å². The van der Waals surface area contributed by atoms with Gasteiger partial charge in [-0.05, 0) is 42.8 Å². The van der Waals surface area contributed by atoms with Gasteiger partial charge in [0, 0.05) is 0 Å². The van der Waals surface area contributed by atoms with Crippen LogP contribution in [0.2, 0.25) is 0 Å². The van der Waals surface area contributed by atoms with Gasteiger partial charge in [0.2, 0.25) is 5.11 Å². The highest BCUT2D eigenvalue weighted by atomic mass is 32.1. The summed E-state index contributed by atoms with van der Waals surface area (Å²) in [6.45, 7) is 0. The lowest BCUT2D eigenvalue weighted by atomic mass is 10.1. The second kappa shape index (κ2) is 4.68. The van der Waals surface area contributed by atoms with Crippen molar-refractivity contribution in [3.63, 3.8) is 0 Å². The molecule has 1 aliphatic rings. The van der Waals surface area contributed by atoms with E-state index in [1.165, 1.54) is 0 Å². The Morgan fingerprint density at radius 1 is 1.41 bits per heavy atom. The molecular weight excluding hydrogens is 238 g/mol. The van der Waals surface area contributed by atoms with E-state index in [4.69, 9.17) is 23.1 Å². The zero-order valence-electron chi connectivity index (χ0n) is 8.96. The molecule has 0 spiro atoms. The van der Waals surface area contributed by atoms with Crippen LogP contribution in [0.1, 0.15) is 12.0 Å². The number of nitrogens with two attached hydrogens (primary N) is 1. The van der Waals surface area contributed by atoms with Crippen molar-refractivity contribution in [2.45, 2.75) is 18.9 Å². The van der Waals surface area contributed by atoms with E-state index < -0.39 is 12.0 Å². The monoisotopic (exact) mass is 249 g/mol. The van der Waals surface area contributed by atoms with Crippen LogP contribution in [-0.4, -0.2) is 22.2 Å². The summed E-state index contributed by atoms with van der Waals surface area (Å²) >= 11 is 4.88. The molecule has 0 saturated heterocycles. The summed E-state index contributed by atoms with van der Waals surface area (Å²) < 4.78 is 0. The van der Waals surface area contributed by atoms with Crippen LogP contribution in [0, 0.1) is 0 Å². The first-order chi connectivity index (χ1) is 8.06. The predicted octanol–water partition coefficient (Wildman–Crippen LogP) is -0.431. The van der Waals surface area contributed by atoms with E-state index in [1.54, 1.807) is 0 Å². The maximum Gasteiger partial charge on any atom is 0.320 e. The zero-order valence-corrected chi connectivity index (χ0v) is 9.78. The number of fused-ring (bicyclic) bond motifs is 1. The fourth-order valence-electron chi connectivity index (χ4n) is 1.59. The summed E-state index contributed by atoms with van der Waals surface area (Å²) in [5, 5.41) is 10.5. The molecule has 0 amide bonds. The lowest BCUT2D eigenvalue weighted by Crippen LogP contribution is -2.30. The molecule has 88 valence electrons. The Balaban J connectivity index is 2.13. The van der Waals surface area contributed by atoms with Gasteiger partial charge in [-0.25, -0.2) is 9.98 Å². The first kappa shape index (κ1) is 11.8. The second-order valence-corrected chi connectivity index (χ2v) is 4.18. The molecule has 1 aromatic rings. The third kappa shape index (κ3) is 2.72. The van der Waals surface area contributed by atoms with E-state index in [0.717, 1.165) is 16.3 Å². The number of benzene rings is 1. The smallest absolute Gasteiger partial charge is 0.320 e. The molecule has 3 N–H and O–H groups in total. The fourth-order valence-corrected chi connectivity index (χ4v) is 1.78.